The van der Waals surface area contributed by atoms with E-state index >= 15 is 0 Å². The smallest absolute Gasteiger partial charge is 0.153 e. The number of aromatic nitrogens is 2. The fraction of sp³-hybridized carbons (Fsp3) is 0.133. The van der Waals surface area contributed by atoms with Crippen LogP contribution in [0.5, 0.6) is 0 Å². The van der Waals surface area contributed by atoms with Crippen molar-refractivity contribution < 1.29 is 8.78 Å². The van der Waals surface area contributed by atoms with Crippen molar-refractivity contribution in [3.8, 4) is 5.69 Å². The van der Waals surface area contributed by atoms with Crippen LogP contribution < -0.4 is 0 Å². The van der Waals surface area contributed by atoms with E-state index in [1.165, 1.54) is 6.07 Å². The Labute approximate surface area is 133 Å². The van der Waals surface area contributed by atoms with Gasteiger partial charge in [-0.25, -0.2) is 13.8 Å². The molecular weight excluding hydrogens is 362 g/mol. The first kappa shape index (κ1) is 14.5. The van der Waals surface area contributed by atoms with Gasteiger partial charge in [0.25, 0.3) is 0 Å². The molecule has 2 aromatic carbocycles. The molecule has 0 saturated carbocycles. The highest BCUT2D eigenvalue weighted by atomic mass is 79.9. The van der Waals surface area contributed by atoms with Crippen molar-refractivity contribution in [2.24, 2.45) is 0 Å². The van der Waals surface area contributed by atoms with Crippen molar-refractivity contribution >= 4 is 38.6 Å². The van der Waals surface area contributed by atoms with E-state index in [1.807, 2.05) is 25.1 Å². The van der Waals surface area contributed by atoms with Crippen molar-refractivity contribution in [1.29, 1.82) is 0 Å². The summed E-state index contributed by atoms with van der Waals surface area (Å²) < 4.78 is 30.1. The maximum absolute atomic E-state index is 13.9. The molecule has 0 bridgehead atoms. The molecule has 2 nitrogen and oxygen atoms in total. The van der Waals surface area contributed by atoms with Gasteiger partial charge in [0.05, 0.1) is 17.1 Å². The molecule has 0 saturated heterocycles. The van der Waals surface area contributed by atoms with Crippen LogP contribution in [0.15, 0.2) is 34.8 Å². The van der Waals surface area contributed by atoms with Crippen LogP contribution in [-0.4, -0.2) is 9.55 Å². The molecule has 3 aromatic rings. The average molecular weight is 372 g/mol. The third kappa shape index (κ3) is 2.45. The highest BCUT2D eigenvalue weighted by molar-refractivity contribution is 9.10. The molecule has 1 aromatic heterocycles. The number of halogens is 4. The second-order valence-corrected chi connectivity index (χ2v) is 5.87. The van der Waals surface area contributed by atoms with Gasteiger partial charge in [-0.3, -0.25) is 4.57 Å². The number of benzene rings is 2. The monoisotopic (exact) mass is 370 g/mol. The lowest BCUT2D eigenvalue weighted by atomic mass is 10.2. The molecule has 0 N–H and O–H groups in total. The number of fused-ring (bicyclic) bond motifs is 1. The molecule has 0 unspecified atom stereocenters. The first-order chi connectivity index (χ1) is 10.0. The second-order valence-electron chi connectivity index (χ2n) is 4.68. The largest absolute Gasteiger partial charge is 0.295 e. The fourth-order valence-corrected chi connectivity index (χ4v) is 3.03. The number of alkyl halides is 1. The summed E-state index contributed by atoms with van der Waals surface area (Å²) in [4.78, 5) is 4.19. The summed E-state index contributed by atoms with van der Waals surface area (Å²) in [5, 5.41) is 0. The summed E-state index contributed by atoms with van der Waals surface area (Å²) in [5.74, 6) is -0.755. The number of imidazole rings is 1. The Bertz CT molecular complexity index is 845. The Morgan fingerprint density at radius 2 is 2.00 bits per heavy atom. The zero-order valence-corrected chi connectivity index (χ0v) is 13.3. The van der Waals surface area contributed by atoms with Gasteiger partial charge in [-0.05, 0) is 30.7 Å². The van der Waals surface area contributed by atoms with Crippen LogP contribution >= 0.6 is 27.5 Å². The van der Waals surface area contributed by atoms with Crippen molar-refractivity contribution in [2.75, 3.05) is 0 Å². The lowest BCUT2D eigenvalue weighted by Crippen LogP contribution is -2.01. The van der Waals surface area contributed by atoms with Crippen LogP contribution in [0.3, 0.4) is 0 Å². The third-order valence-corrected chi connectivity index (χ3v) is 4.00. The van der Waals surface area contributed by atoms with Gasteiger partial charge in [-0.2, -0.15) is 0 Å². The van der Waals surface area contributed by atoms with Gasteiger partial charge < -0.3 is 0 Å². The van der Waals surface area contributed by atoms with E-state index in [0.717, 1.165) is 21.8 Å². The van der Waals surface area contributed by atoms with Gasteiger partial charge in [-0.1, -0.05) is 15.9 Å². The molecule has 3 rings (SSSR count). The highest BCUT2D eigenvalue weighted by Gasteiger charge is 2.17. The maximum Gasteiger partial charge on any atom is 0.153 e. The van der Waals surface area contributed by atoms with Crippen LogP contribution in [0, 0.1) is 18.6 Å². The van der Waals surface area contributed by atoms with Gasteiger partial charge in [0.1, 0.15) is 17.2 Å². The van der Waals surface area contributed by atoms with Crippen LogP contribution in [0.4, 0.5) is 8.78 Å². The van der Waals surface area contributed by atoms with E-state index < -0.39 is 11.6 Å². The standard InChI is InChI=1S/C15H10BrClF2N2/c1-8-4-9(16)2-3-12(8)21-13-6-10(18)5-11(19)15(13)20-14(21)7-17/h2-6H,7H2,1H3. The molecule has 1 heterocycles. The summed E-state index contributed by atoms with van der Waals surface area (Å²) in [7, 11) is 0. The second kappa shape index (κ2) is 5.39. The number of aryl methyl sites for hydroxylation is 1. The van der Waals surface area contributed by atoms with Crippen molar-refractivity contribution in [2.45, 2.75) is 12.8 Å². The molecule has 6 heteroatoms. The van der Waals surface area contributed by atoms with E-state index in [9.17, 15) is 8.78 Å². The SMILES string of the molecule is Cc1cc(Br)ccc1-n1c(CCl)nc2c(F)cc(F)cc21. The molecule has 0 aliphatic rings. The Morgan fingerprint density at radius 3 is 2.67 bits per heavy atom. The topological polar surface area (TPSA) is 17.8 Å². The van der Waals surface area contributed by atoms with Crippen molar-refractivity contribution in [3.05, 3.63) is 57.8 Å². The minimum absolute atomic E-state index is 0.102. The lowest BCUT2D eigenvalue weighted by molar-refractivity contribution is 0.590. The zero-order chi connectivity index (χ0) is 15.1. The van der Waals surface area contributed by atoms with E-state index in [4.69, 9.17) is 11.6 Å². The van der Waals surface area contributed by atoms with Gasteiger partial charge >= 0.3 is 0 Å². The fourth-order valence-electron chi connectivity index (χ4n) is 2.38. The summed E-state index contributed by atoms with van der Waals surface area (Å²) >= 11 is 9.32. The quantitative estimate of drug-likeness (QED) is 0.572. The molecule has 0 amide bonds. The van der Waals surface area contributed by atoms with E-state index in [1.54, 1.807) is 4.57 Å². The Balaban J connectivity index is 2.40. The van der Waals surface area contributed by atoms with E-state index in [-0.39, 0.29) is 11.4 Å². The van der Waals surface area contributed by atoms with Crippen molar-refractivity contribution in [3.63, 3.8) is 0 Å². The first-order valence-corrected chi connectivity index (χ1v) is 7.53. The lowest BCUT2D eigenvalue weighted by Gasteiger charge is -2.11. The Hall–Kier alpha value is -1.46. The zero-order valence-electron chi connectivity index (χ0n) is 11.0. The predicted molar refractivity (Wildman–Crippen MR) is 83.0 cm³/mol. The van der Waals surface area contributed by atoms with E-state index in [2.05, 4.69) is 20.9 Å². The average Bonchev–Trinajstić information content (AvgIpc) is 2.77. The summed E-state index contributed by atoms with van der Waals surface area (Å²) in [6.07, 6.45) is 0. The summed E-state index contributed by atoms with van der Waals surface area (Å²) in [6, 6.07) is 7.74. The number of hydrogen-bond donors (Lipinski definition) is 0. The minimum Gasteiger partial charge on any atom is -0.295 e. The van der Waals surface area contributed by atoms with Crippen LogP contribution in [0.1, 0.15) is 11.4 Å². The van der Waals surface area contributed by atoms with E-state index in [0.29, 0.717) is 11.3 Å². The van der Waals surface area contributed by atoms with Crippen LogP contribution in [0.2, 0.25) is 0 Å². The molecule has 0 fully saturated rings. The first-order valence-electron chi connectivity index (χ1n) is 6.20. The summed E-state index contributed by atoms with van der Waals surface area (Å²) in [5.41, 5.74) is 2.23. The molecule has 0 radical (unpaired) electrons. The molecule has 108 valence electrons. The van der Waals surface area contributed by atoms with Crippen molar-refractivity contribution in [1.82, 2.24) is 9.55 Å². The normalized spacial score (nSPS) is 11.3. The minimum atomic E-state index is -0.690. The van der Waals surface area contributed by atoms with Gasteiger partial charge in [0.15, 0.2) is 5.82 Å². The predicted octanol–water partition coefficient (Wildman–Crippen LogP) is 5.11. The number of rotatable bonds is 2. The van der Waals surface area contributed by atoms with Gasteiger partial charge in [0.2, 0.25) is 0 Å². The third-order valence-electron chi connectivity index (χ3n) is 3.27. The molecule has 0 atom stereocenters. The number of hydrogen-bond acceptors (Lipinski definition) is 1. The van der Waals surface area contributed by atoms with Crippen LogP contribution in [-0.2, 0) is 5.88 Å². The van der Waals surface area contributed by atoms with Gasteiger partial charge in [-0.15, -0.1) is 11.6 Å². The number of nitrogens with zero attached hydrogens (tertiary/aromatic N) is 2. The molecular formula is C15H10BrClF2N2. The van der Waals surface area contributed by atoms with Crippen LogP contribution in [0.25, 0.3) is 16.7 Å². The maximum atomic E-state index is 13.9. The summed E-state index contributed by atoms with van der Waals surface area (Å²) in [6.45, 7) is 1.92. The Kier molecular flexibility index (Phi) is 3.71. The highest BCUT2D eigenvalue weighted by Crippen LogP contribution is 2.28. The Morgan fingerprint density at radius 1 is 1.24 bits per heavy atom. The molecule has 0 spiro atoms. The molecule has 21 heavy (non-hydrogen) atoms. The molecule has 0 aliphatic heterocycles. The molecule has 0 aliphatic carbocycles. The van der Waals surface area contributed by atoms with Gasteiger partial charge in [0, 0.05) is 16.6 Å².